The Morgan fingerprint density at radius 1 is 1.39 bits per heavy atom. The molecule has 18 heavy (non-hydrogen) atoms. The van der Waals surface area contributed by atoms with E-state index in [1.165, 1.54) is 18.0 Å². The van der Waals surface area contributed by atoms with Gasteiger partial charge in [0.2, 0.25) is 0 Å². The molecule has 0 unspecified atom stereocenters. The second kappa shape index (κ2) is 6.94. The van der Waals surface area contributed by atoms with Crippen molar-refractivity contribution in [1.82, 2.24) is 9.97 Å². The largest absolute Gasteiger partial charge is 0.373 e. The molecule has 0 amide bonds. The lowest BCUT2D eigenvalue weighted by atomic mass is 10.3. The van der Waals surface area contributed by atoms with Crippen LogP contribution in [0.5, 0.6) is 0 Å². The summed E-state index contributed by atoms with van der Waals surface area (Å²) in [6.07, 6.45) is 3.06. The van der Waals surface area contributed by atoms with E-state index in [0.29, 0.717) is 5.75 Å². The molecular weight excluding hydrogens is 270 g/mol. The lowest BCUT2D eigenvalue weighted by Gasteiger charge is -2.06. The highest BCUT2D eigenvalue weighted by Crippen LogP contribution is 2.19. The maximum absolute atomic E-state index is 11.1. The number of hydrogen-bond donors (Lipinski definition) is 1. The van der Waals surface area contributed by atoms with E-state index in [0.717, 1.165) is 29.5 Å². The molecule has 0 spiro atoms. The summed E-state index contributed by atoms with van der Waals surface area (Å²) in [5, 5.41) is 3.81. The minimum absolute atomic E-state index is 0.166. The maximum Gasteiger partial charge on any atom is 0.148 e. The SMILES string of the molecule is CCCc1nc(NC)cc(SCCS(C)(=O)=O)n1. The van der Waals surface area contributed by atoms with Crippen molar-refractivity contribution in [3.63, 3.8) is 0 Å². The van der Waals surface area contributed by atoms with E-state index in [9.17, 15) is 8.42 Å². The maximum atomic E-state index is 11.1. The average molecular weight is 289 g/mol. The number of hydrogen-bond acceptors (Lipinski definition) is 6. The number of aromatic nitrogens is 2. The van der Waals surface area contributed by atoms with Gasteiger partial charge in [-0.1, -0.05) is 6.92 Å². The van der Waals surface area contributed by atoms with E-state index in [1.807, 2.05) is 13.1 Å². The molecule has 1 rings (SSSR count). The molecule has 0 saturated heterocycles. The molecule has 1 heterocycles. The third-order valence-electron chi connectivity index (χ3n) is 2.18. The number of thioether (sulfide) groups is 1. The van der Waals surface area contributed by atoms with Crippen molar-refractivity contribution in [2.24, 2.45) is 0 Å². The summed E-state index contributed by atoms with van der Waals surface area (Å²) < 4.78 is 22.1. The minimum Gasteiger partial charge on any atom is -0.373 e. The van der Waals surface area contributed by atoms with Crippen LogP contribution in [-0.4, -0.2) is 43.2 Å². The molecule has 1 aromatic rings. The molecule has 5 nitrogen and oxygen atoms in total. The fourth-order valence-electron chi connectivity index (χ4n) is 1.31. The highest BCUT2D eigenvalue weighted by molar-refractivity contribution is 8.00. The van der Waals surface area contributed by atoms with E-state index in [4.69, 9.17) is 0 Å². The van der Waals surface area contributed by atoms with Crippen LogP contribution >= 0.6 is 11.8 Å². The van der Waals surface area contributed by atoms with Crippen molar-refractivity contribution in [3.05, 3.63) is 11.9 Å². The van der Waals surface area contributed by atoms with Crippen LogP contribution in [0.4, 0.5) is 5.82 Å². The number of anilines is 1. The number of rotatable bonds is 7. The highest BCUT2D eigenvalue weighted by Gasteiger charge is 2.06. The minimum atomic E-state index is -2.91. The Bertz CT molecular complexity index is 489. The average Bonchev–Trinajstić information content (AvgIpc) is 2.27. The van der Waals surface area contributed by atoms with Gasteiger partial charge in [-0.2, -0.15) is 0 Å². The summed E-state index contributed by atoms with van der Waals surface area (Å²) in [6, 6.07) is 1.84. The smallest absolute Gasteiger partial charge is 0.148 e. The summed E-state index contributed by atoms with van der Waals surface area (Å²) in [4.78, 5) is 8.75. The van der Waals surface area contributed by atoms with Crippen LogP contribution in [0.2, 0.25) is 0 Å². The normalized spacial score (nSPS) is 11.5. The van der Waals surface area contributed by atoms with Gasteiger partial charge >= 0.3 is 0 Å². The van der Waals surface area contributed by atoms with Crippen molar-refractivity contribution in [3.8, 4) is 0 Å². The van der Waals surface area contributed by atoms with Crippen molar-refractivity contribution < 1.29 is 8.42 Å². The Morgan fingerprint density at radius 2 is 2.11 bits per heavy atom. The van der Waals surface area contributed by atoms with Crippen LogP contribution in [-0.2, 0) is 16.3 Å². The third-order valence-corrected chi connectivity index (χ3v) is 4.30. The molecule has 7 heteroatoms. The molecule has 0 aliphatic carbocycles. The van der Waals surface area contributed by atoms with E-state index in [1.54, 1.807) is 0 Å². The van der Waals surface area contributed by atoms with Crippen LogP contribution < -0.4 is 5.32 Å². The first-order chi connectivity index (χ1) is 8.44. The Morgan fingerprint density at radius 3 is 2.67 bits per heavy atom. The molecule has 0 fully saturated rings. The van der Waals surface area contributed by atoms with Gasteiger partial charge in [0.1, 0.15) is 26.5 Å². The first-order valence-electron chi connectivity index (χ1n) is 5.81. The molecule has 0 aromatic carbocycles. The van der Waals surface area contributed by atoms with Gasteiger partial charge < -0.3 is 5.32 Å². The van der Waals surface area contributed by atoms with Crippen LogP contribution in [0, 0.1) is 0 Å². The zero-order chi connectivity index (χ0) is 13.6. The lowest BCUT2D eigenvalue weighted by molar-refractivity contribution is 0.603. The molecule has 0 radical (unpaired) electrons. The second-order valence-corrected chi connectivity index (χ2v) is 7.36. The Labute approximate surface area is 113 Å². The fraction of sp³-hybridized carbons (Fsp3) is 0.636. The monoisotopic (exact) mass is 289 g/mol. The summed E-state index contributed by atoms with van der Waals surface area (Å²) in [7, 11) is -1.10. The molecule has 0 bridgehead atoms. The van der Waals surface area contributed by atoms with Crippen molar-refractivity contribution >= 4 is 27.4 Å². The van der Waals surface area contributed by atoms with Gasteiger partial charge in [0, 0.05) is 31.5 Å². The van der Waals surface area contributed by atoms with Crippen LogP contribution in [0.15, 0.2) is 11.1 Å². The van der Waals surface area contributed by atoms with Crippen LogP contribution in [0.3, 0.4) is 0 Å². The third kappa shape index (κ3) is 5.68. The lowest BCUT2D eigenvalue weighted by Crippen LogP contribution is -2.06. The number of nitrogens with zero attached hydrogens (tertiary/aromatic N) is 2. The molecule has 102 valence electrons. The second-order valence-electron chi connectivity index (χ2n) is 3.99. The Hall–Kier alpha value is -0.820. The van der Waals surface area contributed by atoms with E-state index in [2.05, 4.69) is 22.2 Å². The molecule has 0 atom stereocenters. The van der Waals surface area contributed by atoms with E-state index in [-0.39, 0.29) is 5.75 Å². The number of sulfone groups is 1. The summed E-state index contributed by atoms with van der Waals surface area (Å²) >= 11 is 1.45. The van der Waals surface area contributed by atoms with Gasteiger partial charge in [0.25, 0.3) is 0 Å². The van der Waals surface area contributed by atoms with Gasteiger partial charge in [0.15, 0.2) is 0 Å². The van der Waals surface area contributed by atoms with Gasteiger partial charge in [0.05, 0.1) is 5.75 Å². The topological polar surface area (TPSA) is 72.0 Å². The molecule has 0 aliphatic rings. The van der Waals surface area contributed by atoms with Crippen molar-refractivity contribution in [2.45, 2.75) is 24.8 Å². The van der Waals surface area contributed by atoms with E-state index < -0.39 is 9.84 Å². The van der Waals surface area contributed by atoms with E-state index >= 15 is 0 Å². The van der Waals surface area contributed by atoms with Gasteiger partial charge in [-0.3, -0.25) is 0 Å². The summed E-state index contributed by atoms with van der Waals surface area (Å²) in [6.45, 7) is 2.08. The highest BCUT2D eigenvalue weighted by atomic mass is 32.2. The zero-order valence-corrected chi connectivity index (χ0v) is 12.6. The standard InChI is InChI=1S/C11H19N3O2S2/c1-4-5-9-13-10(12-2)8-11(14-9)17-6-7-18(3,15)16/h8H,4-7H2,1-3H3,(H,12,13,14). The van der Waals surface area contributed by atoms with Gasteiger partial charge in [-0.25, -0.2) is 18.4 Å². The number of nitrogens with one attached hydrogen (secondary N) is 1. The van der Waals surface area contributed by atoms with Crippen molar-refractivity contribution in [1.29, 1.82) is 0 Å². The van der Waals surface area contributed by atoms with Crippen molar-refractivity contribution in [2.75, 3.05) is 30.1 Å². The zero-order valence-electron chi connectivity index (χ0n) is 10.9. The molecule has 0 aliphatic heterocycles. The fourth-order valence-corrected chi connectivity index (χ4v) is 3.43. The number of aryl methyl sites for hydroxylation is 1. The van der Waals surface area contributed by atoms with Gasteiger partial charge in [-0.15, -0.1) is 11.8 Å². The Kier molecular flexibility index (Phi) is 5.87. The first kappa shape index (κ1) is 15.2. The molecule has 1 N–H and O–H groups in total. The summed E-state index contributed by atoms with van der Waals surface area (Å²) in [5.74, 6) is 2.26. The molecule has 0 saturated carbocycles. The quantitative estimate of drug-likeness (QED) is 0.607. The Balaban J connectivity index is 2.72. The summed E-state index contributed by atoms with van der Waals surface area (Å²) in [5.41, 5.74) is 0. The predicted molar refractivity (Wildman–Crippen MR) is 76.0 cm³/mol. The van der Waals surface area contributed by atoms with Crippen LogP contribution in [0.25, 0.3) is 0 Å². The van der Waals surface area contributed by atoms with Gasteiger partial charge in [-0.05, 0) is 6.42 Å². The predicted octanol–water partition coefficient (Wildman–Crippen LogP) is 1.61. The molecular formula is C11H19N3O2S2. The first-order valence-corrected chi connectivity index (χ1v) is 8.85. The molecule has 1 aromatic heterocycles. The van der Waals surface area contributed by atoms with Crippen LogP contribution in [0.1, 0.15) is 19.2 Å².